The number of halogens is 1. The lowest BCUT2D eigenvalue weighted by molar-refractivity contribution is -0.132. The van der Waals surface area contributed by atoms with E-state index in [4.69, 9.17) is 5.11 Å². The van der Waals surface area contributed by atoms with Gasteiger partial charge in [0.25, 0.3) is 0 Å². The van der Waals surface area contributed by atoms with Crippen LogP contribution in [0.15, 0.2) is 23.6 Å². The average molecular weight is 144 g/mol. The maximum absolute atomic E-state index is 11.6. The molecular weight excluding hydrogens is 135 g/mol. The van der Waals surface area contributed by atoms with Crippen LogP contribution in [0.4, 0.5) is 4.39 Å². The van der Waals surface area contributed by atoms with Crippen molar-refractivity contribution in [2.24, 2.45) is 0 Å². The van der Waals surface area contributed by atoms with Crippen LogP contribution < -0.4 is 0 Å². The minimum Gasteiger partial charge on any atom is -0.478 e. The predicted molar refractivity (Wildman–Crippen MR) is 36.3 cm³/mol. The molecule has 10 heavy (non-hydrogen) atoms. The molecule has 0 radical (unpaired) electrons. The van der Waals surface area contributed by atoms with E-state index in [-0.39, 0.29) is 5.57 Å². The van der Waals surface area contributed by atoms with Crippen molar-refractivity contribution in [2.75, 3.05) is 0 Å². The van der Waals surface area contributed by atoms with E-state index in [2.05, 4.69) is 0 Å². The molecule has 0 saturated carbocycles. The standard InChI is InChI=1S/C7H9FO2/c1-5(4-8)3-6(2)7(9)10/h3-4H,1-2H3,(H,9,10). The van der Waals surface area contributed by atoms with Crippen LogP contribution >= 0.6 is 0 Å². The van der Waals surface area contributed by atoms with Crippen LogP contribution in [-0.2, 0) is 4.79 Å². The number of allylic oxidation sites excluding steroid dienone is 2. The molecule has 0 heterocycles. The Bertz CT molecular complexity index is 192. The van der Waals surface area contributed by atoms with Crippen molar-refractivity contribution in [3.05, 3.63) is 23.6 Å². The van der Waals surface area contributed by atoms with Gasteiger partial charge in [-0.2, -0.15) is 0 Å². The molecule has 3 heteroatoms. The molecule has 0 spiro atoms. The Hall–Kier alpha value is -1.12. The molecule has 0 rings (SSSR count). The Morgan fingerprint density at radius 1 is 1.50 bits per heavy atom. The number of carboxylic acids is 1. The van der Waals surface area contributed by atoms with Gasteiger partial charge in [-0.3, -0.25) is 0 Å². The summed E-state index contributed by atoms with van der Waals surface area (Å²) in [4.78, 5) is 10.1. The van der Waals surface area contributed by atoms with E-state index in [1.54, 1.807) is 0 Å². The maximum atomic E-state index is 11.6. The first-order valence-electron chi connectivity index (χ1n) is 2.76. The van der Waals surface area contributed by atoms with E-state index in [0.29, 0.717) is 11.9 Å². The first-order chi connectivity index (χ1) is 4.57. The summed E-state index contributed by atoms with van der Waals surface area (Å²) in [6.07, 6.45) is 1.63. The van der Waals surface area contributed by atoms with Crippen LogP contribution in [0, 0.1) is 0 Å². The summed E-state index contributed by atoms with van der Waals surface area (Å²) in [5.74, 6) is -1.03. The largest absolute Gasteiger partial charge is 0.478 e. The molecule has 0 aliphatic heterocycles. The van der Waals surface area contributed by atoms with Gasteiger partial charge in [-0.05, 0) is 25.5 Å². The molecule has 0 atom stereocenters. The summed E-state index contributed by atoms with van der Waals surface area (Å²) in [7, 11) is 0. The first kappa shape index (κ1) is 8.88. The van der Waals surface area contributed by atoms with Crippen molar-refractivity contribution in [3.63, 3.8) is 0 Å². The van der Waals surface area contributed by atoms with Crippen molar-refractivity contribution in [1.29, 1.82) is 0 Å². The third kappa shape index (κ3) is 3.02. The van der Waals surface area contributed by atoms with Gasteiger partial charge < -0.3 is 5.11 Å². The van der Waals surface area contributed by atoms with Crippen molar-refractivity contribution in [3.8, 4) is 0 Å². The molecular formula is C7H9FO2. The van der Waals surface area contributed by atoms with Gasteiger partial charge in [-0.15, -0.1) is 0 Å². The van der Waals surface area contributed by atoms with Gasteiger partial charge in [0.05, 0.1) is 6.33 Å². The number of aliphatic carboxylic acids is 1. The van der Waals surface area contributed by atoms with Crippen LogP contribution in [0.25, 0.3) is 0 Å². The van der Waals surface area contributed by atoms with Gasteiger partial charge in [0.2, 0.25) is 0 Å². The van der Waals surface area contributed by atoms with Gasteiger partial charge in [0, 0.05) is 5.57 Å². The van der Waals surface area contributed by atoms with E-state index in [9.17, 15) is 9.18 Å². The number of hydrogen-bond acceptors (Lipinski definition) is 1. The molecule has 0 fully saturated rings. The predicted octanol–water partition coefficient (Wildman–Crippen LogP) is 1.89. The molecule has 0 aromatic carbocycles. The third-order valence-electron chi connectivity index (χ3n) is 0.954. The zero-order valence-electron chi connectivity index (χ0n) is 5.89. The number of hydrogen-bond donors (Lipinski definition) is 1. The lowest BCUT2D eigenvalue weighted by Gasteiger charge is -1.90. The summed E-state index contributed by atoms with van der Waals surface area (Å²) in [5.41, 5.74) is 0.436. The summed E-state index contributed by atoms with van der Waals surface area (Å²) in [5, 5.41) is 8.31. The van der Waals surface area contributed by atoms with Gasteiger partial charge in [-0.1, -0.05) is 0 Å². The van der Waals surface area contributed by atoms with E-state index in [0.717, 1.165) is 0 Å². The topological polar surface area (TPSA) is 37.3 Å². The van der Waals surface area contributed by atoms with Crippen LogP contribution in [0.2, 0.25) is 0 Å². The fourth-order valence-electron chi connectivity index (χ4n) is 0.435. The molecule has 56 valence electrons. The second-order valence-electron chi connectivity index (χ2n) is 1.99. The van der Waals surface area contributed by atoms with E-state index in [1.807, 2.05) is 0 Å². The highest BCUT2D eigenvalue weighted by molar-refractivity contribution is 5.86. The molecule has 0 saturated heterocycles. The van der Waals surface area contributed by atoms with Crippen LogP contribution in [0.3, 0.4) is 0 Å². The Labute approximate surface area is 58.7 Å². The van der Waals surface area contributed by atoms with Gasteiger partial charge in [-0.25, -0.2) is 9.18 Å². The fourth-order valence-corrected chi connectivity index (χ4v) is 0.435. The molecule has 0 aliphatic rings. The lowest BCUT2D eigenvalue weighted by atomic mass is 10.2. The highest BCUT2D eigenvalue weighted by atomic mass is 19.1. The molecule has 0 amide bonds. The first-order valence-corrected chi connectivity index (χ1v) is 2.76. The molecule has 0 unspecified atom stereocenters. The number of carbonyl (C=O) groups is 1. The highest BCUT2D eigenvalue weighted by Gasteiger charge is 1.97. The number of rotatable bonds is 2. The quantitative estimate of drug-likeness (QED) is 0.474. The van der Waals surface area contributed by atoms with Gasteiger partial charge in [0.1, 0.15) is 0 Å². The summed E-state index contributed by atoms with van der Waals surface area (Å²) in [6.45, 7) is 2.90. The lowest BCUT2D eigenvalue weighted by Crippen LogP contribution is -1.95. The number of carboxylic acid groups (broad SMARTS) is 1. The van der Waals surface area contributed by atoms with Crippen LogP contribution in [0.5, 0.6) is 0 Å². The van der Waals surface area contributed by atoms with E-state index >= 15 is 0 Å². The Balaban J connectivity index is 4.31. The Kier molecular flexibility index (Phi) is 3.39. The summed E-state index contributed by atoms with van der Waals surface area (Å²) < 4.78 is 11.6. The highest BCUT2D eigenvalue weighted by Crippen LogP contribution is 2.01. The maximum Gasteiger partial charge on any atom is 0.331 e. The zero-order chi connectivity index (χ0) is 8.15. The molecule has 0 bridgehead atoms. The fraction of sp³-hybridized carbons (Fsp3) is 0.286. The second kappa shape index (κ2) is 3.82. The normalized spacial score (nSPS) is 13.5. The minimum atomic E-state index is -1.03. The smallest absolute Gasteiger partial charge is 0.331 e. The van der Waals surface area contributed by atoms with Crippen molar-refractivity contribution in [1.82, 2.24) is 0 Å². The van der Waals surface area contributed by atoms with Crippen molar-refractivity contribution < 1.29 is 14.3 Å². The molecule has 0 aliphatic carbocycles. The molecule has 0 aromatic rings. The SMILES string of the molecule is CC(=CF)C=C(C)C(=O)O. The van der Waals surface area contributed by atoms with E-state index in [1.165, 1.54) is 19.9 Å². The van der Waals surface area contributed by atoms with Crippen LogP contribution in [0.1, 0.15) is 13.8 Å². The van der Waals surface area contributed by atoms with E-state index < -0.39 is 5.97 Å². The Morgan fingerprint density at radius 3 is 2.30 bits per heavy atom. The monoisotopic (exact) mass is 144 g/mol. The summed E-state index contributed by atoms with van der Waals surface area (Å²) in [6, 6.07) is 0. The van der Waals surface area contributed by atoms with Crippen molar-refractivity contribution in [2.45, 2.75) is 13.8 Å². The van der Waals surface area contributed by atoms with Crippen molar-refractivity contribution >= 4 is 5.97 Å². The molecule has 1 N–H and O–H groups in total. The van der Waals surface area contributed by atoms with Gasteiger partial charge >= 0.3 is 5.97 Å². The Morgan fingerprint density at radius 2 is 2.00 bits per heavy atom. The molecule has 0 aromatic heterocycles. The minimum absolute atomic E-state index is 0.131. The molecule has 2 nitrogen and oxygen atoms in total. The average Bonchev–Trinajstić information content (AvgIpc) is 1.87. The van der Waals surface area contributed by atoms with Gasteiger partial charge in [0.15, 0.2) is 0 Å². The van der Waals surface area contributed by atoms with Crippen LogP contribution in [-0.4, -0.2) is 11.1 Å². The second-order valence-corrected chi connectivity index (χ2v) is 1.99. The third-order valence-corrected chi connectivity index (χ3v) is 0.954. The summed E-state index contributed by atoms with van der Waals surface area (Å²) >= 11 is 0. The zero-order valence-corrected chi connectivity index (χ0v) is 5.89.